The Kier molecular flexibility index (Phi) is 2.92. The van der Waals surface area contributed by atoms with E-state index >= 15 is 0 Å². The summed E-state index contributed by atoms with van der Waals surface area (Å²) >= 11 is 0. The first-order chi connectivity index (χ1) is 7.56. The normalized spacial score (nSPS) is 23.9. The number of hydrogen-bond donors (Lipinski definition) is 3. The van der Waals surface area contributed by atoms with E-state index in [1.165, 1.54) is 0 Å². The first kappa shape index (κ1) is 11.1. The Balaban J connectivity index is 1.97. The monoisotopic (exact) mass is 221 g/mol. The van der Waals surface area contributed by atoms with Crippen LogP contribution in [0.4, 0.5) is 17.1 Å². The van der Waals surface area contributed by atoms with Crippen LogP contribution in [-0.4, -0.2) is 24.8 Å². The van der Waals surface area contributed by atoms with Gasteiger partial charge in [-0.15, -0.1) is 0 Å². The van der Waals surface area contributed by atoms with Gasteiger partial charge in [-0.3, -0.25) is 0 Å². The number of nitrogen functional groups attached to an aromatic ring is 2. The van der Waals surface area contributed by atoms with Crippen molar-refractivity contribution in [1.82, 2.24) is 0 Å². The second-order valence-corrected chi connectivity index (χ2v) is 4.68. The van der Waals surface area contributed by atoms with Gasteiger partial charge in [-0.25, -0.2) is 0 Å². The predicted molar refractivity (Wildman–Crippen MR) is 67.3 cm³/mol. The Morgan fingerprint density at radius 2 is 2.00 bits per heavy atom. The van der Waals surface area contributed by atoms with Crippen LogP contribution in [-0.2, 0) is 0 Å². The number of anilines is 3. The average Bonchev–Trinajstić information content (AvgIpc) is 2.19. The van der Waals surface area contributed by atoms with Crippen molar-refractivity contribution in [1.29, 1.82) is 0 Å². The topological polar surface area (TPSA) is 75.5 Å². The van der Waals surface area contributed by atoms with Gasteiger partial charge in [-0.1, -0.05) is 0 Å². The van der Waals surface area contributed by atoms with Gasteiger partial charge in [0, 0.05) is 19.3 Å². The molecule has 1 saturated carbocycles. The highest BCUT2D eigenvalue weighted by atomic mass is 16.3. The van der Waals surface area contributed by atoms with E-state index in [1.807, 2.05) is 25.2 Å². The van der Waals surface area contributed by atoms with E-state index < -0.39 is 0 Å². The zero-order valence-electron chi connectivity index (χ0n) is 9.56. The molecule has 2 rings (SSSR count). The van der Waals surface area contributed by atoms with E-state index in [4.69, 9.17) is 11.5 Å². The highest BCUT2D eigenvalue weighted by molar-refractivity contribution is 5.69. The summed E-state index contributed by atoms with van der Waals surface area (Å²) in [6.07, 6.45) is 1.73. The van der Waals surface area contributed by atoms with E-state index in [0.717, 1.165) is 25.1 Å². The van der Waals surface area contributed by atoms with E-state index in [9.17, 15) is 5.11 Å². The molecule has 0 amide bonds. The van der Waals surface area contributed by atoms with E-state index in [1.54, 1.807) is 0 Å². The van der Waals surface area contributed by atoms with Gasteiger partial charge in [0.25, 0.3) is 0 Å². The number of hydrogen-bond acceptors (Lipinski definition) is 4. The molecule has 0 bridgehead atoms. The summed E-state index contributed by atoms with van der Waals surface area (Å²) in [6, 6.07) is 5.70. The summed E-state index contributed by atoms with van der Waals surface area (Å²) in [6.45, 7) is 0.959. The van der Waals surface area contributed by atoms with Crippen LogP contribution in [0.5, 0.6) is 0 Å². The molecular formula is C12H19N3O. The van der Waals surface area contributed by atoms with Crippen molar-refractivity contribution in [3.05, 3.63) is 18.2 Å². The van der Waals surface area contributed by atoms with E-state index in [-0.39, 0.29) is 6.10 Å². The Labute approximate surface area is 95.8 Å². The molecule has 0 atom stereocenters. The lowest BCUT2D eigenvalue weighted by atomic mass is 9.82. The molecule has 1 aromatic rings. The van der Waals surface area contributed by atoms with Crippen LogP contribution in [0, 0.1) is 5.92 Å². The summed E-state index contributed by atoms with van der Waals surface area (Å²) in [5.74, 6) is 0.596. The average molecular weight is 221 g/mol. The van der Waals surface area contributed by atoms with Gasteiger partial charge >= 0.3 is 0 Å². The minimum Gasteiger partial charge on any atom is -0.397 e. The molecule has 5 N–H and O–H groups in total. The molecule has 1 fully saturated rings. The molecule has 0 aliphatic heterocycles. The first-order valence-corrected chi connectivity index (χ1v) is 5.60. The van der Waals surface area contributed by atoms with E-state index in [2.05, 4.69) is 4.90 Å². The lowest BCUT2D eigenvalue weighted by Gasteiger charge is -2.35. The highest BCUT2D eigenvalue weighted by Crippen LogP contribution is 2.30. The Morgan fingerprint density at radius 3 is 2.56 bits per heavy atom. The predicted octanol–water partition coefficient (Wildman–Crippen LogP) is 1.06. The van der Waals surface area contributed by atoms with Crippen molar-refractivity contribution in [2.24, 2.45) is 5.92 Å². The zero-order chi connectivity index (χ0) is 11.7. The van der Waals surface area contributed by atoms with E-state index in [0.29, 0.717) is 17.3 Å². The van der Waals surface area contributed by atoms with Crippen LogP contribution < -0.4 is 16.4 Å². The lowest BCUT2D eigenvalue weighted by Crippen LogP contribution is -2.37. The lowest BCUT2D eigenvalue weighted by molar-refractivity contribution is 0.0465. The fourth-order valence-electron chi connectivity index (χ4n) is 2.14. The third-order valence-corrected chi connectivity index (χ3v) is 3.25. The maximum absolute atomic E-state index is 9.23. The summed E-state index contributed by atoms with van der Waals surface area (Å²) in [5.41, 5.74) is 13.8. The molecule has 88 valence electrons. The molecule has 1 aliphatic carbocycles. The Bertz CT molecular complexity index is 375. The second kappa shape index (κ2) is 4.22. The quantitative estimate of drug-likeness (QED) is 0.667. The van der Waals surface area contributed by atoms with Gasteiger partial charge in [-0.2, -0.15) is 0 Å². The van der Waals surface area contributed by atoms with Gasteiger partial charge in [0.1, 0.15) is 0 Å². The smallest absolute Gasteiger partial charge is 0.0568 e. The van der Waals surface area contributed by atoms with Crippen molar-refractivity contribution in [3.8, 4) is 0 Å². The number of rotatable bonds is 3. The molecule has 0 saturated heterocycles. The molecule has 0 aromatic heterocycles. The maximum Gasteiger partial charge on any atom is 0.0568 e. The molecule has 16 heavy (non-hydrogen) atoms. The summed E-state index contributed by atoms with van der Waals surface area (Å²) in [4.78, 5) is 2.16. The number of nitrogens with two attached hydrogens (primary N) is 2. The SMILES string of the molecule is CN(CC1CC(O)C1)c1ccc(N)c(N)c1. The van der Waals surface area contributed by atoms with Gasteiger partial charge in [0.05, 0.1) is 17.5 Å². The van der Waals surface area contributed by atoms with Gasteiger partial charge in [-0.05, 0) is 37.0 Å². The molecule has 0 heterocycles. The molecule has 4 heteroatoms. The summed E-state index contributed by atoms with van der Waals surface area (Å²) in [7, 11) is 2.04. The van der Waals surface area contributed by atoms with Crippen molar-refractivity contribution in [2.45, 2.75) is 18.9 Å². The zero-order valence-corrected chi connectivity index (χ0v) is 9.56. The molecule has 1 aliphatic rings. The third-order valence-electron chi connectivity index (χ3n) is 3.25. The van der Waals surface area contributed by atoms with Crippen molar-refractivity contribution in [3.63, 3.8) is 0 Å². The van der Waals surface area contributed by atoms with Crippen molar-refractivity contribution in [2.75, 3.05) is 30.0 Å². The minimum absolute atomic E-state index is 0.0881. The first-order valence-electron chi connectivity index (χ1n) is 5.60. The van der Waals surface area contributed by atoms with Crippen LogP contribution in [0.2, 0.25) is 0 Å². The molecule has 1 aromatic carbocycles. The molecule has 0 spiro atoms. The fraction of sp³-hybridized carbons (Fsp3) is 0.500. The summed E-state index contributed by atoms with van der Waals surface area (Å²) < 4.78 is 0. The van der Waals surface area contributed by atoms with Crippen LogP contribution in [0.1, 0.15) is 12.8 Å². The molecule has 0 unspecified atom stereocenters. The molecular weight excluding hydrogens is 202 g/mol. The van der Waals surface area contributed by atoms with Crippen LogP contribution in [0.25, 0.3) is 0 Å². The van der Waals surface area contributed by atoms with Gasteiger partial charge in [0.2, 0.25) is 0 Å². The second-order valence-electron chi connectivity index (χ2n) is 4.68. The fourth-order valence-corrected chi connectivity index (χ4v) is 2.14. The number of nitrogens with zero attached hydrogens (tertiary/aromatic N) is 1. The van der Waals surface area contributed by atoms with Gasteiger partial charge < -0.3 is 21.5 Å². The highest BCUT2D eigenvalue weighted by Gasteiger charge is 2.27. The maximum atomic E-state index is 9.23. The number of aliphatic hydroxyl groups is 1. The van der Waals surface area contributed by atoms with Crippen LogP contribution in [0.3, 0.4) is 0 Å². The van der Waals surface area contributed by atoms with Crippen LogP contribution in [0.15, 0.2) is 18.2 Å². The molecule has 4 nitrogen and oxygen atoms in total. The number of benzene rings is 1. The van der Waals surface area contributed by atoms with Gasteiger partial charge in [0.15, 0.2) is 0 Å². The van der Waals surface area contributed by atoms with Crippen molar-refractivity contribution >= 4 is 17.1 Å². The van der Waals surface area contributed by atoms with Crippen LogP contribution >= 0.6 is 0 Å². The number of aliphatic hydroxyl groups excluding tert-OH is 1. The summed E-state index contributed by atoms with van der Waals surface area (Å²) in [5, 5.41) is 9.23. The molecule has 0 radical (unpaired) electrons. The third kappa shape index (κ3) is 2.22. The largest absolute Gasteiger partial charge is 0.397 e. The minimum atomic E-state index is -0.0881. The van der Waals surface area contributed by atoms with Crippen molar-refractivity contribution < 1.29 is 5.11 Å². The Morgan fingerprint density at radius 1 is 1.31 bits per heavy atom. The standard InChI is InChI=1S/C12H19N3O/c1-15(7-8-4-10(16)5-8)9-2-3-11(13)12(14)6-9/h2-3,6,8,10,16H,4-5,7,13-14H2,1H3. The Hall–Kier alpha value is -1.42.